The molecule has 1 unspecified atom stereocenters. The van der Waals surface area contributed by atoms with Crippen LogP contribution >= 0.6 is 0 Å². The molecule has 8 bridgehead atoms. The van der Waals surface area contributed by atoms with E-state index >= 15 is 0 Å². The van der Waals surface area contributed by atoms with Gasteiger partial charge in [0, 0.05) is 49.7 Å². The quantitative estimate of drug-likeness (QED) is 0.258. The molecular weight excluding hydrogens is 500 g/mol. The van der Waals surface area contributed by atoms with Crippen LogP contribution in [0.1, 0.15) is 54.3 Å². The number of aryl methyl sites for hydroxylation is 1. The Morgan fingerprint density at radius 3 is 2.59 bits per heavy atom. The summed E-state index contributed by atoms with van der Waals surface area (Å²) in [6.45, 7) is 2.09. The van der Waals surface area contributed by atoms with E-state index in [1.54, 1.807) is 0 Å². The molecule has 4 nitrogen and oxygen atoms in total. The van der Waals surface area contributed by atoms with Crippen LogP contribution in [0.15, 0.2) is 101 Å². The molecule has 0 fully saturated rings. The fraction of sp³-hybridized carbons (Fsp3) is 0.162. The van der Waals surface area contributed by atoms with Crippen LogP contribution in [0.25, 0.3) is 40.8 Å². The zero-order valence-corrected chi connectivity index (χ0v) is 23.2. The van der Waals surface area contributed by atoms with Crippen molar-refractivity contribution in [3.63, 3.8) is 0 Å². The first-order valence-electron chi connectivity index (χ1n) is 14.7. The van der Waals surface area contributed by atoms with Crippen molar-refractivity contribution in [2.24, 2.45) is 4.99 Å². The highest BCUT2D eigenvalue weighted by Gasteiger charge is 2.28. The Kier molecular flexibility index (Phi) is 5.66. The van der Waals surface area contributed by atoms with Crippen LogP contribution in [0.4, 0.5) is 0 Å². The van der Waals surface area contributed by atoms with Crippen LogP contribution in [0, 0.1) is 0 Å². The summed E-state index contributed by atoms with van der Waals surface area (Å²) in [5, 5.41) is 8.60. The molecule has 4 aromatic rings. The number of rotatable bonds is 3. The van der Waals surface area contributed by atoms with E-state index in [1.165, 1.54) is 44.1 Å². The van der Waals surface area contributed by atoms with Gasteiger partial charge in [-0.05, 0) is 79.7 Å². The Morgan fingerprint density at radius 2 is 1.73 bits per heavy atom. The summed E-state index contributed by atoms with van der Waals surface area (Å²) in [6.07, 6.45) is 22.3. The summed E-state index contributed by atoms with van der Waals surface area (Å²) >= 11 is 0. The predicted molar refractivity (Wildman–Crippen MR) is 172 cm³/mol. The third-order valence-electron chi connectivity index (χ3n) is 8.65. The highest BCUT2D eigenvalue weighted by Crippen LogP contribution is 2.37. The van der Waals surface area contributed by atoms with E-state index in [9.17, 15) is 0 Å². The Morgan fingerprint density at radius 1 is 0.927 bits per heavy atom. The first-order chi connectivity index (χ1) is 20.2. The van der Waals surface area contributed by atoms with Crippen LogP contribution in [0.2, 0.25) is 0 Å². The second-order valence-corrected chi connectivity index (χ2v) is 11.2. The van der Waals surface area contributed by atoms with Gasteiger partial charge < -0.3 is 15.3 Å². The average Bonchev–Trinajstić information content (AvgIpc) is 3.74. The second kappa shape index (κ2) is 9.67. The molecule has 8 rings (SSSR count). The molecule has 0 spiro atoms. The summed E-state index contributed by atoms with van der Waals surface area (Å²) in [7, 11) is 0. The van der Waals surface area contributed by atoms with Crippen LogP contribution in [-0.2, 0) is 6.42 Å². The Labute approximate surface area is 239 Å². The third kappa shape index (κ3) is 4.10. The summed E-state index contributed by atoms with van der Waals surface area (Å²) in [6, 6.07) is 19.7. The molecule has 5 heterocycles. The first-order valence-corrected chi connectivity index (χ1v) is 14.7. The van der Waals surface area contributed by atoms with Crippen molar-refractivity contribution >= 4 is 46.5 Å². The molecule has 2 aromatic heterocycles. The van der Waals surface area contributed by atoms with Crippen molar-refractivity contribution in [2.45, 2.75) is 38.6 Å². The van der Waals surface area contributed by atoms with Crippen molar-refractivity contribution in [3.8, 4) is 0 Å². The molecule has 4 heteroatoms. The fourth-order valence-electron chi connectivity index (χ4n) is 6.69. The molecule has 0 saturated carbocycles. The van der Waals surface area contributed by atoms with Gasteiger partial charge in [0.15, 0.2) is 0 Å². The van der Waals surface area contributed by atoms with Gasteiger partial charge in [-0.25, -0.2) is 4.99 Å². The largest absolute Gasteiger partial charge is 0.374 e. The molecular formula is C37H32N4. The molecule has 0 saturated heterocycles. The minimum atomic E-state index is 0.151. The number of aliphatic imine (C=N–C) groups is 1. The van der Waals surface area contributed by atoms with E-state index in [4.69, 9.17) is 4.99 Å². The summed E-state index contributed by atoms with van der Waals surface area (Å²) in [4.78, 5) is 12.7. The van der Waals surface area contributed by atoms with Gasteiger partial charge in [-0.1, -0.05) is 72.8 Å². The second-order valence-electron chi connectivity index (χ2n) is 11.2. The summed E-state index contributed by atoms with van der Waals surface area (Å²) < 4.78 is 0. The van der Waals surface area contributed by atoms with Gasteiger partial charge in [-0.15, -0.1) is 0 Å². The average molecular weight is 533 g/mol. The highest BCUT2D eigenvalue weighted by atomic mass is 15.0. The van der Waals surface area contributed by atoms with Crippen molar-refractivity contribution in [1.82, 2.24) is 15.3 Å². The minimum absolute atomic E-state index is 0.151. The van der Waals surface area contributed by atoms with E-state index in [-0.39, 0.29) is 6.04 Å². The Bertz CT molecular complexity index is 2030. The summed E-state index contributed by atoms with van der Waals surface area (Å²) in [5.74, 6) is 0. The number of hydrogen-bond donors (Lipinski definition) is 3. The lowest BCUT2D eigenvalue weighted by atomic mass is 9.94. The van der Waals surface area contributed by atoms with Crippen molar-refractivity contribution < 1.29 is 0 Å². The predicted octanol–water partition coefficient (Wildman–Crippen LogP) is 6.54. The lowest BCUT2D eigenvalue weighted by Crippen LogP contribution is -2.26. The standard InChI is InChI=1S/C37H32N4/c1-2-3-4-11-23-18-24-19-32-25-12-5-6-13-26(25)34(39-32)21-36-29-16-9-10-17-30(29)37(41-36)22-35-28-15-8-7-14-27(28)33(40-35)20-31(23)38-24/h2-3,5-6,8-10,12-13,15-22,33,38,40-41H,4,7,11,14H2,1H3/b3-2-,24-19+,31-20-,34-21-,35-22-. The molecule has 1 atom stereocenters. The van der Waals surface area contributed by atoms with Gasteiger partial charge in [0.2, 0.25) is 0 Å². The number of aromatic amines is 2. The molecule has 3 aliphatic heterocycles. The number of benzene rings is 2. The lowest BCUT2D eigenvalue weighted by Gasteiger charge is -2.12. The van der Waals surface area contributed by atoms with Crippen LogP contribution in [-0.4, -0.2) is 21.7 Å². The maximum absolute atomic E-state index is 5.18. The van der Waals surface area contributed by atoms with E-state index in [2.05, 4.69) is 125 Å². The van der Waals surface area contributed by atoms with Gasteiger partial charge in [0.1, 0.15) is 0 Å². The number of allylic oxidation sites excluding steroid dienone is 4. The van der Waals surface area contributed by atoms with E-state index < -0.39 is 0 Å². The molecule has 0 radical (unpaired) electrons. The molecule has 2 aromatic carbocycles. The van der Waals surface area contributed by atoms with E-state index in [0.29, 0.717) is 0 Å². The molecule has 3 N–H and O–H groups in total. The smallest absolute Gasteiger partial charge is 0.0737 e. The number of aromatic nitrogens is 2. The van der Waals surface area contributed by atoms with Crippen molar-refractivity contribution in [1.29, 1.82) is 0 Å². The minimum Gasteiger partial charge on any atom is -0.374 e. The maximum Gasteiger partial charge on any atom is 0.0737 e. The van der Waals surface area contributed by atoms with Crippen molar-refractivity contribution in [2.75, 3.05) is 0 Å². The van der Waals surface area contributed by atoms with Gasteiger partial charge in [-0.2, -0.15) is 0 Å². The molecule has 200 valence electrons. The van der Waals surface area contributed by atoms with Crippen LogP contribution in [0.3, 0.4) is 0 Å². The fourth-order valence-corrected chi connectivity index (χ4v) is 6.69. The number of nitrogens with one attached hydrogen (secondary N) is 3. The van der Waals surface area contributed by atoms with Gasteiger partial charge in [0.25, 0.3) is 0 Å². The van der Waals surface area contributed by atoms with Gasteiger partial charge >= 0.3 is 0 Å². The van der Waals surface area contributed by atoms with Gasteiger partial charge in [-0.3, -0.25) is 0 Å². The van der Waals surface area contributed by atoms with E-state index in [0.717, 1.165) is 59.4 Å². The SMILES string of the molecule is C/C=C\CCc1c/c2[nH]/c1=C\C1N/C(=C\c3[nH]c(c4ccccc34)/C=C3N=C(/C=2)c2ccccc2\3)C2=C1CCC=C2. The molecule has 4 aliphatic rings. The number of fused-ring (bicyclic) bond motifs is 15. The van der Waals surface area contributed by atoms with E-state index in [1.807, 2.05) is 0 Å². The normalized spacial score (nSPS) is 23.0. The highest BCUT2D eigenvalue weighted by molar-refractivity contribution is 6.27. The Hall–Kier alpha value is -4.83. The third-order valence-corrected chi connectivity index (χ3v) is 8.65. The Balaban J connectivity index is 1.41. The number of hydrogen-bond acceptors (Lipinski definition) is 2. The number of H-pyrrole nitrogens is 2. The summed E-state index contributed by atoms with van der Waals surface area (Å²) in [5.41, 5.74) is 11.8. The lowest BCUT2D eigenvalue weighted by molar-refractivity contribution is 0.795. The van der Waals surface area contributed by atoms with Crippen LogP contribution in [0.5, 0.6) is 0 Å². The molecule has 41 heavy (non-hydrogen) atoms. The zero-order chi connectivity index (χ0) is 27.3. The number of nitrogens with zero attached hydrogens (tertiary/aromatic N) is 1. The first kappa shape index (κ1) is 24.0. The molecule has 0 amide bonds. The van der Waals surface area contributed by atoms with Crippen LogP contribution < -0.4 is 16.0 Å². The van der Waals surface area contributed by atoms with Crippen molar-refractivity contribution in [3.05, 3.63) is 135 Å². The topological polar surface area (TPSA) is 56.0 Å². The zero-order valence-electron chi connectivity index (χ0n) is 23.2. The molecule has 1 aliphatic carbocycles. The monoisotopic (exact) mass is 532 g/mol. The van der Waals surface area contributed by atoms with Gasteiger partial charge in [0.05, 0.1) is 17.5 Å². The maximum atomic E-state index is 5.18.